The molecule has 0 atom stereocenters. The Balaban J connectivity index is 1.56. The van der Waals surface area contributed by atoms with E-state index >= 15 is 0 Å². The quantitative estimate of drug-likeness (QED) is 0.777. The molecule has 2 aromatic rings. The fraction of sp³-hybridized carbons (Fsp3) is 0.158. The molecule has 1 aromatic heterocycles. The maximum Gasteiger partial charge on any atom is 0.219 e. The van der Waals surface area contributed by atoms with Crippen LogP contribution in [0.25, 0.3) is 5.57 Å². The van der Waals surface area contributed by atoms with Crippen LogP contribution in [0.3, 0.4) is 0 Å². The first-order valence-corrected chi connectivity index (χ1v) is 8.81. The summed E-state index contributed by atoms with van der Waals surface area (Å²) in [6.45, 7) is 2.95. The van der Waals surface area contributed by atoms with Gasteiger partial charge in [-0.25, -0.2) is 4.98 Å². The highest BCUT2D eigenvalue weighted by Gasteiger charge is 2.21. The Morgan fingerprint density at radius 3 is 2.83 bits per heavy atom. The molecule has 0 spiro atoms. The average Bonchev–Trinajstić information content (AvgIpc) is 2.62. The SMILES string of the molecule is Cc1cccc(Oc2ccc(C3=CC=CN4CCSN=C34)cc2)n1. The lowest BCUT2D eigenvalue weighted by atomic mass is 10.0. The van der Waals surface area contributed by atoms with Gasteiger partial charge in [-0.15, -0.1) is 0 Å². The number of aryl methyl sites for hydroxylation is 1. The number of nitrogens with zero attached hydrogens (tertiary/aromatic N) is 3. The standard InChI is InChI=1S/C19H17N3OS/c1-14-4-2-6-18(20-14)23-16-9-7-15(8-10-16)17-5-3-11-22-12-13-24-21-19(17)22/h2-11H,12-13H2,1H3. The van der Waals surface area contributed by atoms with Crippen molar-refractivity contribution in [2.75, 3.05) is 12.3 Å². The lowest BCUT2D eigenvalue weighted by Gasteiger charge is -2.29. The Morgan fingerprint density at radius 2 is 2.00 bits per heavy atom. The Labute approximate surface area is 145 Å². The molecule has 0 bridgehead atoms. The minimum Gasteiger partial charge on any atom is -0.439 e. The minimum absolute atomic E-state index is 0.613. The van der Waals surface area contributed by atoms with E-state index in [2.05, 4.69) is 44.8 Å². The number of hydrogen-bond acceptors (Lipinski definition) is 5. The molecule has 0 saturated heterocycles. The molecule has 0 saturated carbocycles. The van der Waals surface area contributed by atoms with Crippen LogP contribution < -0.4 is 4.74 Å². The highest BCUT2D eigenvalue weighted by atomic mass is 32.2. The number of hydrogen-bond donors (Lipinski definition) is 0. The molecule has 0 fully saturated rings. The topological polar surface area (TPSA) is 37.7 Å². The zero-order chi connectivity index (χ0) is 16.4. The predicted octanol–water partition coefficient (Wildman–Crippen LogP) is 4.46. The van der Waals surface area contributed by atoms with E-state index in [1.54, 1.807) is 11.9 Å². The van der Waals surface area contributed by atoms with Gasteiger partial charge in [-0.2, -0.15) is 4.40 Å². The Kier molecular flexibility index (Phi) is 4.09. The fourth-order valence-corrected chi connectivity index (χ4v) is 3.39. The minimum atomic E-state index is 0.613. The average molecular weight is 335 g/mol. The summed E-state index contributed by atoms with van der Waals surface area (Å²) in [7, 11) is 0. The van der Waals surface area contributed by atoms with Crippen molar-refractivity contribution in [3.8, 4) is 11.6 Å². The maximum absolute atomic E-state index is 5.82. The summed E-state index contributed by atoms with van der Waals surface area (Å²) in [5.41, 5.74) is 3.22. The summed E-state index contributed by atoms with van der Waals surface area (Å²) in [4.78, 5) is 6.56. The number of pyridine rings is 1. The van der Waals surface area contributed by atoms with E-state index in [1.807, 2.05) is 37.3 Å². The van der Waals surface area contributed by atoms with Gasteiger partial charge in [0.2, 0.25) is 5.88 Å². The summed E-state index contributed by atoms with van der Waals surface area (Å²) in [5, 5.41) is 0. The van der Waals surface area contributed by atoms with Gasteiger partial charge in [-0.1, -0.05) is 18.2 Å². The Bertz CT molecular complexity index is 840. The summed E-state index contributed by atoms with van der Waals surface area (Å²) in [6, 6.07) is 13.8. The van der Waals surface area contributed by atoms with Gasteiger partial charge in [0.15, 0.2) is 0 Å². The zero-order valence-electron chi connectivity index (χ0n) is 13.3. The molecule has 24 heavy (non-hydrogen) atoms. The molecule has 4 rings (SSSR count). The van der Waals surface area contributed by atoms with Crippen LogP contribution in [-0.4, -0.2) is 28.0 Å². The van der Waals surface area contributed by atoms with Crippen molar-refractivity contribution < 1.29 is 4.74 Å². The van der Waals surface area contributed by atoms with Crippen molar-refractivity contribution in [2.24, 2.45) is 4.40 Å². The van der Waals surface area contributed by atoms with Crippen molar-refractivity contribution in [3.05, 3.63) is 72.1 Å². The normalized spacial score (nSPS) is 16.3. The molecular formula is C19H17N3OS. The van der Waals surface area contributed by atoms with Crippen molar-refractivity contribution in [3.63, 3.8) is 0 Å². The molecule has 1 aromatic carbocycles. The molecule has 2 aliphatic rings. The number of rotatable bonds is 3. The highest BCUT2D eigenvalue weighted by Crippen LogP contribution is 2.29. The highest BCUT2D eigenvalue weighted by molar-refractivity contribution is 7.98. The molecule has 120 valence electrons. The molecule has 5 heteroatoms. The van der Waals surface area contributed by atoms with Crippen molar-refractivity contribution in [2.45, 2.75) is 6.92 Å². The molecule has 0 aliphatic carbocycles. The molecule has 2 aliphatic heterocycles. The van der Waals surface area contributed by atoms with Gasteiger partial charge >= 0.3 is 0 Å². The van der Waals surface area contributed by atoms with E-state index in [0.29, 0.717) is 5.88 Å². The number of amidine groups is 1. The van der Waals surface area contributed by atoms with E-state index in [4.69, 9.17) is 4.74 Å². The number of aromatic nitrogens is 1. The smallest absolute Gasteiger partial charge is 0.219 e. The van der Waals surface area contributed by atoms with Gasteiger partial charge in [-0.05, 0) is 54.8 Å². The van der Waals surface area contributed by atoms with Gasteiger partial charge < -0.3 is 9.64 Å². The van der Waals surface area contributed by atoms with E-state index in [1.165, 1.54) is 0 Å². The summed E-state index contributed by atoms with van der Waals surface area (Å²) in [5.74, 6) is 3.45. The molecule has 4 nitrogen and oxygen atoms in total. The summed E-state index contributed by atoms with van der Waals surface area (Å²) < 4.78 is 10.4. The third-order valence-electron chi connectivity index (χ3n) is 3.87. The third-order valence-corrected chi connectivity index (χ3v) is 4.53. The Hall–Kier alpha value is -2.53. The number of ether oxygens (including phenoxy) is 1. The van der Waals surface area contributed by atoms with Crippen LogP contribution in [0, 0.1) is 6.92 Å². The molecule has 0 unspecified atom stereocenters. The third kappa shape index (κ3) is 3.08. The first-order chi connectivity index (χ1) is 11.8. The maximum atomic E-state index is 5.82. The fourth-order valence-electron chi connectivity index (χ4n) is 2.69. The first kappa shape index (κ1) is 15.0. The van der Waals surface area contributed by atoms with Crippen LogP contribution in [-0.2, 0) is 0 Å². The van der Waals surface area contributed by atoms with E-state index in [-0.39, 0.29) is 0 Å². The van der Waals surface area contributed by atoms with Crippen LogP contribution in [0.4, 0.5) is 0 Å². The van der Waals surface area contributed by atoms with Crippen molar-refractivity contribution >= 4 is 23.4 Å². The van der Waals surface area contributed by atoms with E-state index in [9.17, 15) is 0 Å². The van der Waals surface area contributed by atoms with Crippen LogP contribution in [0.2, 0.25) is 0 Å². The first-order valence-electron chi connectivity index (χ1n) is 7.87. The monoisotopic (exact) mass is 335 g/mol. The Morgan fingerprint density at radius 1 is 1.12 bits per heavy atom. The van der Waals surface area contributed by atoms with Gasteiger partial charge in [0, 0.05) is 35.8 Å². The number of benzene rings is 1. The van der Waals surface area contributed by atoms with Crippen LogP contribution >= 0.6 is 11.9 Å². The summed E-state index contributed by atoms with van der Waals surface area (Å²) in [6.07, 6.45) is 6.27. The van der Waals surface area contributed by atoms with Crippen LogP contribution in [0.1, 0.15) is 11.3 Å². The second-order valence-electron chi connectivity index (χ2n) is 5.61. The largest absolute Gasteiger partial charge is 0.439 e. The van der Waals surface area contributed by atoms with Crippen molar-refractivity contribution in [1.29, 1.82) is 0 Å². The van der Waals surface area contributed by atoms with Crippen molar-refractivity contribution in [1.82, 2.24) is 9.88 Å². The van der Waals surface area contributed by atoms with Gasteiger partial charge in [0.05, 0.1) is 0 Å². The van der Waals surface area contributed by atoms with Gasteiger partial charge in [0.1, 0.15) is 11.6 Å². The number of fused-ring (bicyclic) bond motifs is 1. The molecule has 0 N–H and O–H groups in total. The molecule has 0 amide bonds. The summed E-state index contributed by atoms with van der Waals surface area (Å²) >= 11 is 1.62. The zero-order valence-corrected chi connectivity index (χ0v) is 14.2. The van der Waals surface area contributed by atoms with Gasteiger partial charge in [0.25, 0.3) is 0 Å². The second-order valence-corrected chi connectivity index (χ2v) is 6.46. The molecule has 3 heterocycles. The van der Waals surface area contributed by atoms with Crippen LogP contribution in [0.15, 0.2) is 65.2 Å². The van der Waals surface area contributed by atoms with Crippen LogP contribution in [0.5, 0.6) is 11.6 Å². The second kappa shape index (κ2) is 6.53. The van der Waals surface area contributed by atoms with Gasteiger partial charge in [-0.3, -0.25) is 0 Å². The number of allylic oxidation sites excluding steroid dienone is 2. The predicted molar refractivity (Wildman–Crippen MR) is 99.2 cm³/mol. The lowest BCUT2D eigenvalue weighted by Crippen LogP contribution is -2.32. The molecular weight excluding hydrogens is 318 g/mol. The lowest BCUT2D eigenvalue weighted by molar-refractivity contribution is 0.461. The van der Waals surface area contributed by atoms with E-state index in [0.717, 1.165) is 40.7 Å². The molecule has 0 radical (unpaired) electrons. The van der Waals surface area contributed by atoms with E-state index < -0.39 is 0 Å².